The summed E-state index contributed by atoms with van der Waals surface area (Å²) in [6, 6.07) is 0. The zero-order valence-corrected chi connectivity index (χ0v) is 21.9. The van der Waals surface area contributed by atoms with Crippen molar-refractivity contribution in [1.82, 2.24) is 0 Å². The first-order chi connectivity index (χ1) is 13.4. The molecule has 0 aromatic rings. The Morgan fingerprint density at radius 3 is 0.438 bits per heavy atom. The minimum Gasteiger partial charge on any atom is -0.547 e. The van der Waals surface area contributed by atoms with E-state index < -0.39 is 72.4 Å². The number of aliphatic carboxylic acids is 6. The van der Waals surface area contributed by atoms with Crippen LogP contribution in [0.25, 0.3) is 0 Å². The van der Waals surface area contributed by atoms with Gasteiger partial charge in [0, 0.05) is 0 Å². The summed E-state index contributed by atoms with van der Waals surface area (Å²) in [5.74, 6) is -12.4. The number of aliphatic hydroxyl groups is 6. The van der Waals surface area contributed by atoms with Crippen LogP contribution in [-0.4, -0.2) is 155 Å². The van der Waals surface area contributed by atoms with Crippen LogP contribution in [-0.2, 0) is 28.8 Å². The van der Waals surface area contributed by atoms with Gasteiger partial charge in [-0.25, -0.2) is 0 Å². The number of hydrogen-bond donors (Lipinski definition) is 6. The monoisotopic (exact) mass is 862 g/mol. The molecule has 0 aromatic heterocycles. The molecule has 178 valence electrons. The van der Waals surface area contributed by atoms with Gasteiger partial charge in [0.05, 0.1) is 35.8 Å². The second kappa shape index (κ2) is 20.0. The molecule has 32 heavy (non-hydrogen) atoms. The van der Waals surface area contributed by atoms with Gasteiger partial charge in [-0.3, -0.25) is 0 Å². The first-order valence-electron chi connectivity index (χ1n) is 6.73. The van der Waals surface area contributed by atoms with Crippen molar-refractivity contribution in [2.75, 3.05) is 0 Å². The molecule has 0 unspecified atom stereocenters. The van der Waals surface area contributed by atoms with E-state index in [0.29, 0.717) is 0 Å². The van der Waals surface area contributed by atoms with Gasteiger partial charge in [-0.1, -0.05) is 0 Å². The second-order valence-corrected chi connectivity index (χ2v) is 4.58. The van der Waals surface area contributed by atoms with Crippen LogP contribution in [0.5, 0.6) is 0 Å². The number of carbonyl (C=O) groups excluding carboxylic acids is 6. The van der Waals surface area contributed by atoms with Gasteiger partial charge in [0.2, 0.25) is 0 Å². The number of hydrogen-bond acceptors (Lipinski definition) is 18. The van der Waals surface area contributed by atoms with Crippen molar-refractivity contribution < 1.29 is 90.0 Å². The summed E-state index contributed by atoms with van der Waals surface area (Å²) in [5.41, 5.74) is 0. The zero-order valence-electron chi connectivity index (χ0n) is 14.9. The minimum atomic E-state index is -2.44. The third-order valence-electron chi connectivity index (χ3n) is 2.35. The minimum absolute atomic E-state index is 0. The van der Waals surface area contributed by atoms with E-state index in [2.05, 4.69) is 0 Å². The van der Waals surface area contributed by atoms with Gasteiger partial charge in [0.1, 0.15) is 36.6 Å². The molecular weight excluding hydrogens is 850 g/mol. The molecule has 0 rings (SSSR count). The zero-order chi connectivity index (χ0) is 24.9. The van der Waals surface area contributed by atoms with Gasteiger partial charge in [-0.2, -0.15) is 0 Å². The summed E-state index contributed by atoms with van der Waals surface area (Å²) >= 11 is 0. The third kappa shape index (κ3) is 18.0. The van der Waals surface area contributed by atoms with Gasteiger partial charge in [0.15, 0.2) is 0 Å². The number of carbonyl (C=O) groups is 6. The first-order valence-corrected chi connectivity index (χ1v) is 6.73. The molecule has 0 aromatic carbocycles. The molecule has 20 heteroatoms. The maximum Gasteiger partial charge on any atom is 3.00 e. The smallest absolute Gasteiger partial charge is 0.547 e. The van der Waals surface area contributed by atoms with Gasteiger partial charge >= 0.3 is 52.4 Å². The van der Waals surface area contributed by atoms with Crippen molar-refractivity contribution in [3.05, 3.63) is 0 Å². The molecule has 0 amide bonds. The summed E-state index contributed by atoms with van der Waals surface area (Å²) < 4.78 is 0. The maximum atomic E-state index is 9.63. The Bertz CT molecular complexity index is 498. The second-order valence-electron chi connectivity index (χ2n) is 4.58. The maximum absolute atomic E-state index is 9.63. The molecule has 0 saturated carbocycles. The number of carboxylic acid groups (broad SMARTS) is 6. The van der Waals surface area contributed by atoms with E-state index in [1.165, 1.54) is 0 Å². The van der Waals surface area contributed by atoms with Gasteiger partial charge < -0.3 is 90.0 Å². The largest absolute Gasteiger partial charge is 3.00 e. The van der Waals surface area contributed by atoms with Crippen molar-refractivity contribution in [1.29, 1.82) is 0 Å². The Morgan fingerprint density at radius 2 is 0.406 bits per heavy atom. The molecule has 0 aliphatic rings. The Morgan fingerprint density at radius 1 is 0.344 bits per heavy atom. The summed E-state index contributed by atoms with van der Waals surface area (Å²) in [6.45, 7) is 0. The Kier molecular flexibility index (Phi) is 25.4. The Hall–Kier alpha value is -1.65. The Labute approximate surface area is 214 Å². The van der Waals surface area contributed by atoms with E-state index >= 15 is 0 Å². The molecule has 0 fully saturated rings. The van der Waals surface area contributed by atoms with Crippen molar-refractivity contribution in [3.63, 3.8) is 0 Å². The molecule has 0 aliphatic heterocycles. The van der Waals surface area contributed by atoms with Gasteiger partial charge in [0.25, 0.3) is 0 Å². The van der Waals surface area contributed by atoms with E-state index in [-0.39, 0.29) is 52.4 Å². The normalized spacial score (nSPS) is 14.8. The molecule has 0 spiro atoms. The molecule has 0 heterocycles. The van der Waals surface area contributed by atoms with E-state index in [1.54, 1.807) is 0 Å². The van der Waals surface area contributed by atoms with Gasteiger partial charge in [-0.05, 0) is 0 Å². The average Bonchev–Trinajstić information content (AvgIpc) is 2.64. The summed E-state index contributed by atoms with van der Waals surface area (Å²) in [7, 11) is 0. The van der Waals surface area contributed by atoms with E-state index in [0.717, 1.165) is 0 Å². The van der Waals surface area contributed by atoms with Crippen LogP contribution >= 0.6 is 0 Å². The van der Waals surface area contributed by atoms with Crippen molar-refractivity contribution in [2.45, 2.75) is 36.6 Å². The summed E-state index contributed by atoms with van der Waals surface area (Å²) in [5, 5.41) is 107. The van der Waals surface area contributed by atoms with Crippen molar-refractivity contribution in [2.24, 2.45) is 0 Å². The van der Waals surface area contributed by atoms with Crippen LogP contribution in [0.3, 0.4) is 0 Å². The summed E-state index contributed by atoms with van der Waals surface area (Å²) in [4.78, 5) is 57.8. The predicted octanol–water partition coefficient (Wildman–Crippen LogP) is -15.1. The van der Waals surface area contributed by atoms with Crippen molar-refractivity contribution >= 4 is 88.2 Å². The SMILES string of the molecule is O=C([O-])[C@@H](O)[C@@H](O)C(=O)[O-].O=C([O-])[C@@H](O)[C@@H](O)C(=O)[O-].O=C([O-])[C@H](O)[C@@H](O)C(=O)[O-].[Bi+3].[Bi+3]. The van der Waals surface area contributed by atoms with Crippen LogP contribution in [0.1, 0.15) is 0 Å². The van der Waals surface area contributed by atoms with Crippen LogP contribution in [0, 0.1) is 0 Å². The third-order valence-corrected chi connectivity index (χ3v) is 2.35. The molecule has 18 nitrogen and oxygen atoms in total. The van der Waals surface area contributed by atoms with Gasteiger partial charge in [-0.15, -0.1) is 0 Å². The van der Waals surface area contributed by atoms with Crippen LogP contribution in [0.15, 0.2) is 0 Å². The van der Waals surface area contributed by atoms with Crippen LogP contribution in [0.2, 0.25) is 0 Å². The predicted molar refractivity (Wildman–Crippen MR) is 77.6 cm³/mol. The topological polar surface area (TPSA) is 362 Å². The molecule has 4 radical (unpaired) electrons. The number of aliphatic hydroxyl groups excluding tert-OH is 6. The molecule has 0 bridgehead atoms. The van der Waals surface area contributed by atoms with Crippen LogP contribution in [0.4, 0.5) is 0 Å². The van der Waals surface area contributed by atoms with Crippen molar-refractivity contribution in [3.8, 4) is 0 Å². The fourth-order valence-corrected chi connectivity index (χ4v) is 0.773. The average molecular weight is 862 g/mol. The number of rotatable bonds is 9. The molecule has 6 atom stereocenters. The summed E-state index contributed by atoms with van der Waals surface area (Å²) in [6.07, 6.45) is -14.6. The first kappa shape index (κ1) is 40.7. The van der Waals surface area contributed by atoms with E-state index in [4.69, 9.17) is 30.6 Å². The van der Waals surface area contributed by atoms with E-state index in [1.807, 2.05) is 0 Å². The number of carboxylic acids is 6. The standard InChI is InChI=1S/3C4H6O6.2Bi/c3*5-1(3(7)8)2(6)4(9)10;;/h3*1-2,5-6H,(H,7,8)(H,9,10);;/q;;;2*+3/p-6/t2*1-,2+;1-,2-;;/m..1../s1. The molecule has 0 aliphatic carbocycles. The molecular formula is C12H12Bi2O18. The van der Waals surface area contributed by atoms with E-state index in [9.17, 15) is 59.4 Å². The van der Waals surface area contributed by atoms with Crippen LogP contribution < -0.4 is 30.6 Å². The fourth-order valence-electron chi connectivity index (χ4n) is 0.773. The quantitative estimate of drug-likeness (QED) is 0.117. The molecule has 6 N–H and O–H groups in total. The Balaban J connectivity index is -0.000000110. The molecule has 0 saturated heterocycles. The fraction of sp³-hybridized carbons (Fsp3) is 0.500.